The van der Waals surface area contributed by atoms with Crippen molar-refractivity contribution in [2.24, 2.45) is 16.5 Å². The van der Waals surface area contributed by atoms with Gasteiger partial charge in [0.1, 0.15) is 0 Å². The van der Waals surface area contributed by atoms with Gasteiger partial charge in [-0.3, -0.25) is 10.0 Å². The molecule has 4 heteroatoms. The molecule has 0 aromatic heterocycles. The maximum absolute atomic E-state index is 5.45. The third-order valence-corrected chi connectivity index (χ3v) is 4.70. The molecule has 2 N–H and O–H groups in total. The van der Waals surface area contributed by atoms with Crippen molar-refractivity contribution in [3.8, 4) is 0 Å². The number of hydrogen-bond donors (Lipinski definition) is 2. The van der Waals surface area contributed by atoms with Crippen LogP contribution in [0.3, 0.4) is 0 Å². The first-order valence-corrected chi connectivity index (χ1v) is 7.90. The minimum Gasteiger partial charge on any atom is -0.379 e. The van der Waals surface area contributed by atoms with Crippen molar-refractivity contribution in [3.63, 3.8) is 0 Å². The second-order valence-electron chi connectivity index (χ2n) is 6.89. The largest absolute Gasteiger partial charge is 0.379 e. The van der Waals surface area contributed by atoms with Crippen molar-refractivity contribution >= 4 is 12.8 Å². The summed E-state index contributed by atoms with van der Waals surface area (Å²) < 4.78 is 5.45. The van der Waals surface area contributed by atoms with Crippen LogP contribution in [0.4, 0.5) is 0 Å². The van der Waals surface area contributed by atoms with Gasteiger partial charge in [-0.2, -0.15) is 0 Å². The summed E-state index contributed by atoms with van der Waals surface area (Å²) in [6.45, 7) is 18.3. The number of nitrogens with two attached hydrogens (primary N) is 1. The van der Waals surface area contributed by atoms with Crippen molar-refractivity contribution in [2.45, 2.75) is 59.9 Å². The molecule has 1 aliphatic rings. The Morgan fingerprint density at radius 2 is 1.63 bits per heavy atom. The molecule has 1 rings (SSSR count). The number of thiol groups is 1. The number of ether oxygens (including phenoxy) is 1. The smallest absolute Gasteiger partial charge is 0.0594 e. The van der Waals surface area contributed by atoms with Crippen LogP contribution in [0, 0.1) is 11.3 Å². The van der Waals surface area contributed by atoms with Gasteiger partial charge in [-0.15, -0.1) is 12.8 Å². The van der Waals surface area contributed by atoms with Crippen molar-refractivity contribution in [3.05, 3.63) is 0 Å². The summed E-state index contributed by atoms with van der Waals surface area (Å²) >= 11 is 3.03. The molecule has 0 spiro atoms. The van der Waals surface area contributed by atoms with Gasteiger partial charge in [0.15, 0.2) is 0 Å². The quantitative estimate of drug-likeness (QED) is 0.763. The third-order valence-electron chi connectivity index (χ3n) is 4.70. The van der Waals surface area contributed by atoms with Crippen LogP contribution in [0.5, 0.6) is 0 Å². The Hall–Kier alpha value is 0.230. The molecule has 1 atom stereocenters. The van der Waals surface area contributed by atoms with E-state index in [9.17, 15) is 0 Å². The molecule has 0 saturated carbocycles. The summed E-state index contributed by atoms with van der Waals surface area (Å²) in [5, 5.41) is 4.19. The van der Waals surface area contributed by atoms with Gasteiger partial charge in [-0.05, 0) is 31.6 Å². The van der Waals surface area contributed by atoms with E-state index in [1.807, 2.05) is 0 Å². The highest BCUT2D eigenvalue weighted by molar-refractivity contribution is 7.77. The molecule has 19 heavy (non-hydrogen) atoms. The molecule has 1 aliphatic heterocycles. The van der Waals surface area contributed by atoms with Crippen molar-refractivity contribution in [2.75, 3.05) is 26.3 Å². The minimum atomic E-state index is 0.288. The van der Waals surface area contributed by atoms with Gasteiger partial charge in [0.05, 0.1) is 13.2 Å². The van der Waals surface area contributed by atoms with Gasteiger partial charge in [0.25, 0.3) is 0 Å². The van der Waals surface area contributed by atoms with Crippen LogP contribution >= 0.6 is 12.8 Å². The second kappa shape index (κ2) is 8.50. The van der Waals surface area contributed by atoms with Crippen LogP contribution in [-0.2, 0) is 4.74 Å². The van der Waals surface area contributed by atoms with Gasteiger partial charge in [-0.1, -0.05) is 34.1 Å². The Morgan fingerprint density at radius 3 is 2.05 bits per heavy atom. The molecule has 0 radical (unpaired) electrons. The fourth-order valence-electron chi connectivity index (χ4n) is 3.12. The van der Waals surface area contributed by atoms with E-state index in [1.54, 1.807) is 0 Å². The van der Waals surface area contributed by atoms with Crippen LogP contribution in [0.25, 0.3) is 0 Å². The Kier molecular flexibility index (Phi) is 8.60. The van der Waals surface area contributed by atoms with Gasteiger partial charge in [-0.25, -0.2) is 0 Å². The minimum absolute atomic E-state index is 0.288. The Labute approximate surface area is 125 Å². The van der Waals surface area contributed by atoms with Crippen LogP contribution in [0.15, 0.2) is 0 Å². The summed E-state index contributed by atoms with van der Waals surface area (Å²) in [5.41, 5.74) is 0.702. The molecule has 1 saturated heterocycles. The van der Waals surface area contributed by atoms with E-state index in [2.05, 4.69) is 64.4 Å². The lowest BCUT2D eigenvalue weighted by atomic mass is 9.70. The Morgan fingerprint density at radius 1 is 1.16 bits per heavy atom. The predicted octanol–water partition coefficient (Wildman–Crippen LogP) is 3.35. The molecular formula is C15H34N2OS. The highest BCUT2D eigenvalue weighted by Gasteiger charge is 2.36. The second-order valence-corrected chi connectivity index (χ2v) is 6.89. The van der Waals surface area contributed by atoms with Crippen molar-refractivity contribution in [1.29, 1.82) is 0 Å². The van der Waals surface area contributed by atoms with E-state index in [-0.39, 0.29) is 5.54 Å². The Bertz CT molecular complexity index is 238. The van der Waals surface area contributed by atoms with E-state index >= 15 is 0 Å². The van der Waals surface area contributed by atoms with Crippen LogP contribution in [0.1, 0.15) is 54.4 Å². The predicted molar refractivity (Wildman–Crippen MR) is 87.5 cm³/mol. The number of nitrogens with zero attached hydrogens (tertiary/aromatic N) is 1. The maximum atomic E-state index is 5.45. The van der Waals surface area contributed by atoms with E-state index in [4.69, 9.17) is 4.74 Å². The van der Waals surface area contributed by atoms with Crippen LogP contribution in [-0.4, -0.2) is 36.7 Å². The lowest BCUT2D eigenvalue weighted by Gasteiger charge is -2.46. The third kappa shape index (κ3) is 6.03. The van der Waals surface area contributed by atoms with Crippen LogP contribution in [0.2, 0.25) is 0 Å². The lowest BCUT2D eigenvalue weighted by Crippen LogP contribution is -2.52. The monoisotopic (exact) mass is 290 g/mol. The number of morpholine rings is 1. The van der Waals surface area contributed by atoms with E-state index in [0.717, 1.165) is 32.2 Å². The number of rotatable bonds is 5. The first kappa shape index (κ1) is 19.2. The standard InChI is InChI=1S/C15H31NO.H3NS/c1-7-13(2)14(3,4)12-15(5,6)16-8-10-17-11-9-16;1-2/h13H,7-12H2,1-6H3;2H,1H2. The molecule has 0 aromatic rings. The normalized spacial score (nSPS) is 19.6. The number of hydrogen-bond acceptors (Lipinski definition) is 4. The van der Waals surface area contributed by atoms with E-state index in [0.29, 0.717) is 5.41 Å². The zero-order chi connectivity index (χ0) is 15.1. The fourth-order valence-corrected chi connectivity index (χ4v) is 3.12. The van der Waals surface area contributed by atoms with Gasteiger partial charge in [0, 0.05) is 18.6 Å². The summed E-state index contributed by atoms with van der Waals surface area (Å²) in [6, 6.07) is 0. The molecule has 1 unspecified atom stereocenters. The molecule has 3 nitrogen and oxygen atoms in total. The average Bonchev–Trinajstić information content (AvgIpc) is 2.40. The summed E-state index contributed by atoms with van der Waals surface area (Å²) in [7, 11) is 0. The topological polar surface area (TPSA) is 38.5 Å². The van der Waals surface area contributed by atoms with Crippen molar-refractivity contribution < 1.29 is 4.74 Å². The summed E-state index contributed by atoms with van der Waals surface area (Å²) in [6.07, 6.45) is 2.53. The van der Waals surface area contributed by atoms with Gasteiger partial charge < -0.3 is 4.74 Å². The SMILES string of the molecule is CCC(C)C(C)(C)CC(C)(C)N1CCOCC1.NS. The molecule has 0 aromatic carbocycles. The van der Waals surface area contributed by atoms with Crippen LogP contribution < -0.4 is 5.14 Å². The lowest BCUT2D eigenvalue weighted by molar-refractivity contribution is -0.0303. The first-order valence-electron chi connectivity index (χ1n) is 7.38. The van der Waals surface area contributed by atoms with Gasteiger partial charge >= 0.3 is 0 Å². The summed E-state index contributed by atoms with van der Waals surface area (Å²) in [5.74, 6) is 0.780. The zero-order valence-corrected chi connectivity index (χ0v) is 14.6. The molecule has 0 aliphatic carbocycles. The highest BCUT2D eigenvalue weighted by Crippen LogP contribution is 2.39. The first-order chi connectivity index (χ1) is 8.79. The van der Waals surface area contributed by atoms with E-state index < -0.39 is 0 Å². The molecule has 116 valence electrons. The molecule has 1 heterocycles. The highest BCUT2D eigenvalue weighted by atomic mass is 32.1. The zero-order valence-electron chi connectivity index (χ0n) is 13.7. The fraction of sp³-hybridized carbons (Fsp3) is 1.00. The average molecular weight is 291 g/mol. The Balaban J connectivity index is 0.00000154. The molecule has 0 bridgehead atoms. The van der Waals surface area contributed by atoms with Gasteiger partial charge in [0.2, 0.25) is 0 Å². The molecular weight excluding hydrogens is 256 g/mol. The summed E-state index contributed by atoms with van der Waals surface area (Å²) in [4.78, 5) is 2.60. The molecule has 1 fully saturated rings. The van der Waals surface area contributed by atoms with Crippen molar-refractivity contribution in [1.82, 2.24) is 4.90 Å². The molecule has 0 amide bonds. The van der Waals surface area contributed by atoms with E-state index in [1.165, 1.54) is 12.8 Å². The maximum Gasteiger partial charge on any atom is 0.0594 e.